The summed E-state index contributed by atoms with van der Waals surface area (Å²) in [5.74, 6) is 0.453. The van der Waals surface area contributed by atoms with Gasteiger partial charge in [0.15, 0.2) is 0 Å². The highest BCUT2D eigenvalue weighted by molar-refractivity contribution is 8.23. The van der Waals surface area contributed by atoms with Crippen LogP contribution in [0.25, 0.3) is 0 Å². The first-order chi connectivity index (χ1) is 7.24. The van der Waals surface area contributed by atoms with Crippen molar-refractivity contribution < 1.29 is 9.53 Å². The van der Waals surface area contributed by atoms with Crippen molar-refractivity contribution in [3.05, 3.63) is 18.7 Å². The average molecular weight is 244 g/mol. The number of carbonyl (C=O) groups excluding carboxylic acids is 1. The van der Waals surface area contributed by atoms with Crippen molar-refractivity contribution in [2.45, 2.75) is 13.3 Å². The van der Waals surface area contributed by atoms with Crippen molar-refractivity contribution in [3.8, 4) is 0 Å². The van der Waals surface area contributed by atoms with E-state index in [0.717, 1.165) is 0 Å². The predicted octanol–water partition coefficient (Wildman–Crippen LogP) is 1.70. The smallest absolute Gasteiger partial charge is 0.306 e. The van der Waals surface area contributed by atoms with Gasteiger partial charge in [-0.05, 0) is 6.92 Å². The van der Waals surface area contributed by atoms with E-state index in [1.807, 2.05) is 0 Å². The zero-order valence-electron chi connectivity index (χ0n) is 8.38. The Hall–Kier alpha value is -0.880. The summed E-state index contributed by atoms with van der Waals surface area (Å²) in [4.78, 5) is 14.9. The Kier molecular flexibility index (Phi) is 5.34. The van der Waals surface area contributed by atoms with Gasteiger partial charge in [-0.15, -0.1) is 0 Å². The summed E-state index contributed by atoms with van der Waals surface area (Å²) in [7, 11) is 0. The molecule has 0 aliphatic heterocycles. The maximum atomic E-state index is 11.0. The summed E-state index contributed by atoms with van der Waals surface area (Å²) in [5, 5.41) is 0. The van der Waals surface area contributed by atoms with Gasteiger partial charge in [-0.1, -0.05) is 24.0 Å². The molecule has 82 valence electrons. The van der Waals surface area contributed by atoms with Crippen molar-refractivity contribution >= 4 is 34.3 Å². The van der Waals surface area contributed by atoms with Crippen molar-refractivity contribution in [1.82, 2.24) is 9.55 Å². The molecule has 6 heteroatoms. The van der Waals surface area contributed by atoms with Crippen molar-refractivity contribution in [2.24, 2.45) is 0 Å². The highest BCUT2D eigenvalue weighted by Crippen LogP contribution is 2.08. The highest BCUT2D eigenvalue weighted by atomic mass is 32.2. The molecule has 1 heterocycles. The quantitative estimate of drug-likeness (QED) is 0.596. The van der Waals surface area contributed by atoms with Crippen LogP contribution in [0.4, 0.5) is 0 Å². The molecule has 0 saturated heterocycles. The monoisotopic (exact) mass is 244 g/mol. The van der Waals surface area contributed by atoms with E-state index < -0.39 is 0 Å². The molecule has 0 unspecified atom stereocenters. The van der Waals surface area contributed by atoms with E-state index in [4.69, 9.17) is 17.0 Å². The number of nitrogens with zero attached hydrogens (tertiary/aromatic N) is 2. The second-order valence-electron chi connectivity index (χ2n) is 2.64. The fourth-order valence-electron chi connectivity index (χ4n) is 0.896. The number of ether oxygens (including phenoxy) is 1. The SMILES string of the molecule is CCOC(=O)CCSC(=S)n1ccnc1. The summed E-state index contributed by atoms with van der Waals surface area (Å²) in [5.41, 5.74) is 0. The first-order valence-corrected chi connectivity index (χ1v) is 5.94. The van der Waals surface area contributed by atoms with Gasteiger partial charge < -0.3 is 4.74 Å². The molecule has 1 rings (SSSR count). The van der Waals surface area contributed by atoms with E-state index in [1.54, 1.807) is 30.2 Å². The fourth-order valence-corrected chi connectivity index (χ4v) is 1.95. The lowest BCUT2D eigenvalue weighted by atomic mass is 10.5. The highest BCUT2D eigenvalue weighted by Gasteiger charge is 2.04. The lowest BCUT2D eigenvalue weighted by Gasteiger charge is -2.03. The van der Waals surface area contributed by atoms with E-state index in [2.05, 4.69) is 4.98 Å². The standard InChI is InChI=1S/C9H12N2O2S2/c1-2-13-8(12)3-6-15-9(14)11-5-4-10-7-11/h4-5,7H,2-3,6H2,1H3. The molecule has 0 aliphatic carbocycles. The van der Waals surface area contributed by atoms with E-state index in [-0.39, 0.29) is 5.97 Å². The molecule has 1 aromatic rings. The van der Waals surface area contributed by atoms with Gasteiger partial charge >= 0.3 is 5.97 Å². The summed E-state index contributed by atoms with van der Waals surface area (Å²) >= 11 is 6.57. The van der Waals surface area contributed by atoms with Crippen LogP contribution in [0, 0.1) is 0 Å². The third-order valence-corrected chi connectivity index (χ3v) is 2.98. The third-order valence-electron chi connectivity index (χ3n) is 1.55. The molecule has 0 aliphatic rings. The summed E-state index contributed by atoms with van der Waals surface area (Å²) in [6.45, 7) is 2.22. The van der Waals surface area contributed by atoms with Gasteiger partial charge in [-0.3, -0.25) is 9.36 Å². The first-order valence-electron chi connectivity index (χ1n) is 4.54. The minimum Gasteiger partial charge on any atom is -0.466 e. The van der Waals surface area contributed by atoms with Crippen LogP contribution in [0.15, 0.2) is 18.7 Å². The van der Waals surface area contributed by atoms with Crippen LogP contribution in [0.1, 0.15) is 13.3 Å². The molecule has 0 saturated carbocycles. The van der Waals surface area contributed by atoms with Gasteiger partial charge in [0.05, 0.1) is 13.0 Å². The van der Waals surface area contributed by atoms with Crippen LogP contribution in [0.5, 0.6) is 0 Å². The fraction of sp³-hybridized carbons (Fsp3) is 0.444. The summed E-state index contributed by atoms with van der Waals surface area (Å²) in [6, 6.07) is 0. The number of rotatable bonds is 4. The van der Waals surface area contributed by atoms with E-state index in [0.29, 0.717) is 23.1 Å². The maximum Gasteiger partial charge on any atom is 0.306 e. The van der Waals surface area contributed by atoms with Gasteiger partial charge in [0.25, 0.3) is 0 Å². The molecule has 0 spiro atoms. The van der Waals surface area contributed by atoms with Gasteiger partial charge in [0, 0.05) is 18.1 Å². The zero-order valence-corrected chi connectivity index (χ0v) is 10.0. The predicted molar refractivity (Wildman–Crippen MR) is 63.9 cm³/mol. The largest absolute Gasteiger partial charge is 0.466 e. The van der Waals surface area contributed by atoms with Crippen molar-refractivity contribution in [2.75, 3.05) is 12.4 Å². The van der Waals surface area contributed by atoms with Gasteiger partial charge in [-0.2, -0.15) is 0 Å². The molecule has 1 aromatic heterocycles. The first kappa shape index (κ1) is 12.2. The third kappa shape index (κ3) is 4.44. The molecule has 0 bridgehead atoms. The minimum absolute atomic E-state index is 0.182. The molecular formula is C9H12N2O2S2. The molecule has 0 radical (unpaired) electrons. The maximum absolute atomic E-state index is 11.0. The Balaban J connectivity index is 2.21. The number of aromatic nitrogens is 2. The summed E-state index contributed by atoms with van der Waals surface area (Å²) < 4.78 is 7.23. The van der Waals surface area contributed by atoms with Crippen LogP contribution in [0.2, 0.25) is 0 Å². The van der Waals surface area contributed by atoms with Gasteiger partial charge in [0.1, 0.15) is 10.6 Å². The normalized spacial score (nSPS) is 9.93. The Labute approximate surface area is 98.0 Å². The number of thiocarbonyl (C=S) groups is 1. The topological polar surface area (TPSA) is 44.1 Å². The average Bonchev–Trinajstić information content (AvgIpc) is 2.70. The number of hydrogen-bond acceptors (Lipinski definition) is 5. The van der Waals surface area contributed by atoms with Crippen molar-refractivity contribution in [1.29, 1.82) is 0 Å². The molecule has 0 amide bonds. The lowest BCUT2D eigenvalue weighted by molar-refractivity contribution is -0.142. The second-order valence-corrected chi connectivity index (χ2v) is 4.37. The summed E-state index contributed by atoms with van der Waals surface area (Å²) in [6.07, 6.45) is 5.46. The minimum atomic E-state index is -0.182. The second kappa shape index (κ2) is 6.58. The molecular weight excluding hydrogens is 232 g/mol. The Morgan fingerprint density at radius 3 is 3.07 bits per heavy atom. The molecule has 4 nitrogen and oxygen atoms in total. The zero-order chi connectivity index (χ0) is 11.1. The Morgan fingerprint density at radius 1 is 1.67 bits per heavy atom. The number of imidazole rings is 1. The lowest BCUT2D eigenvalue weighted by Crippen LogP contribution is -2.07. The Bertz CT molecular complexity index is 325. The number of hydrogen-bond donors (Lipinski definition) is 0. The Morgan fingerprint density at radius 2 is 2.47 bits per heavy atom. The molecule has 15 heavy (non-hydrogen) atoms. The van der Waals surface area contributed by atoms with Gasteiger partial charge in [-0.25, -0.2) is 4.98 Å². The molecule has 0 fully saturated rings. The van der Waals surface area contributed by atoms with E-state index in [1.165, 1.54) is 11.8 Å². The van der Waals surface area contributed by atoms with E-state index >= 15 is 0 Å². The van der Waals surface area contributed by atoms with Crippen LogP contribution in [-0.4, -0.2) is 32.2 Å². The van der Waals surface area contributed by atoms with E-state index in [9.17, 15) is 4.79 Å². The molecule has 0 atom stereocenters. The van der Waals surface area contributed by atoms with Crippen molar-refractivity contribution in [3.63, 3.8) is 0 Å². The number of carbonyl (C=O) groups is 1. The number of esters is 1. The van der Waals surface area contributed by atoms with Crippen LogP contribution in [0.3, 0.4) is 0 Å². The van der Waals surface area contributed by atoms with Crippen LogP contribution in [-0.2, 0) is 9.53 Å². The van der Waals surface area contributed by atoms with Gasteiger partial charge in [0.2, 0.25) is 0 Å². The number of thioether (sulfide) groups is 1. The van der Waals surface area contributed by atoms with Crippen LogP contribution >= 0.6 is 24.0 Å². The molecule has 0 aromatic carbocycles. The molecule has 0 N–H and O–H groups in total. The van der Waals surface area contributed by atoms with Crippen LogP contribution < -0.4 is 0 Å².